The summed E-state index contributed by atoms with van der Waals surface area (Å²) in [7, 11) is 0. The summed E-state index contributed by atoms with van der Waals surface area (Å²) in [6, 6.07) is 8.46. The van der Waals surface area contributed by atoms with Gasteiger partial charge in [-0.3, -0.25) is 14.6 Å². The number of aromatic nitrogens is 4. The summed E-state index contributed by atoms with van der Waals surface area (Å²) in [5, 5.41) is 13.3. The number of piperazine rings is 1. The predicted molar refractivity (Wildman–Crippen MR) is 109 cm³/mol. The van der Waals surface area contributed by atoms with Crippen LogP contribution in [0.5, 0.6) is 0 Å². The third-order valence-electron chi connectivity index (χ3n) is 5.10. The highest BCUT2D eigenvalue weighted by atomic mass is 16.3. The quantitative estimate of drug-likeness (QED) is 0.707. The Labute approximate surface area is 165 Å². The van der Waals surface area contributed by atoms with E-state index in [4.69, 9.17) is 5.11 Å². The molecule has 1 saturated heterocycles. The molecule has 3 heterocycles. The largest absolute Gasteiger partial charge is 0.394 e. The van der Waals surface area contributed by atoms with E-state index >= 15 is 0 Å². The van der Waals surface area contributed by atoms with E-state index in [1.165, 1.54) is 11.1 Å². The molecule has 0 bridgehead atoms. The van der Waals surface area contributed by atoms with Crippen molar-refractivity contribution >= 4 is 5.82 Å². The second-order valence-corrected chi connectivity index (χ2v) is 7.19. The zero-order valence-corrected chi connectivity index (χ0v) is 16.2. The van der Waals surface area contributed by atoms with Crippen LogP contribution in [0.3, 0.4) is 0 Å². The van der Waals surface area contributed by atoms with Gasteiger partial charge in [-0.15, -0.1) is 0 Å². The van der Waals surface area contributed by atoms with Crippen molar-refractivity contribution < 1.29 is 5.11 Å². The number of nitrogens with zero attached hydrogens (tertiary/aromatic N) is 6. The molecule has 1 fully saturated rings. The monoisotopic (exact) mass is 378 g/mol. The number of anilines is 1. The lowest BCUT2D eigenvalue weighted by molar-refractivity contribution is 0.249. The average molecular weight is 378 g/mol. The molecule has 0 amide bonds. The van der Waals surface area contributed by atoms with Gasteiger partial charge in [0.1, 0.15) is 5.69 Å². The minimum atomic E-state index is 0.112. The van der Waals surface area contributed by atoms with E-state index in [1.54, 1.807) is 17.1 Å². The van der Waals surface area contributed by atoms with Gasteiger partial charge in [0.15, 0.2) is 5.82 Å². The Balaban J connectivity index is 1.42. The SMILES string of the molecule is Cc1ccc(-c2nccnc2N2CCN(Cc3cnn(CCO)c3)CC2)cc1. The number of aliphatic hydroxyl groups excluding tert-OH is 1. The minimum absolute atomic E-state index is 0.112. The molecule has 1 aromatic carbocycles. The van der Waals surface area contributed by atoms with Crippen molar-refractivity contribution in [1.82, 2.24) is 24.6 Å². The molecule has 0 unspecified atom stereocenters. The van der Waals surface area contributed by atoms with Gasteiger partial charge < -0.3 is 10.0 Å². The van der Waals surface area contributed by atoms with Crippen molar-refractivity contribution in [1.29, 1.82) is 0 Å². The lowest BCUT2D eigenvalue weighted by Gasteiger charge is -2.35. The van der Waals surface area contributed by atoms with Crippen molar-refractivity contribution in [3.8, 4) is 11.3 Å². The maximum Gasteiger partial charge on any atom is 0.155 e. The van der Waals surface area contributed by atoms with Crippen molar-refractivity contribution in [2.45, 2.75) is 20.0 Å². The summed E-state index contributed by atoms with van der Waals surface area (Å²) in [5.74, 6) is 0.960. The third kappa shape index (κ3) is 4.21. The van der Waals surface area contributed by atoms with Crippen molar-refractivity contribution in [2.75, 3.05) is 37.7 Å². The Kier molecular flexibility index (Phi) is 5.64. The zero-order valence-electron chi connectivity index (χ0n) is 16.2. The summed E-state index contributed by atoms with van der Waals surface area (Å²) < 4.78 is 1.79. The molecule has 0 radical (unpaired) electrons. The van der Waals surface area contributed by atoms with Gasteiger partial charge in [0.2, 0.25) is 0 Å². The predicted octanol–water partition coefficient (Wildman–Crippen LogP) is 1.96. The number of aryl methyl sites for hydroxylation is 1. The van der Waals surface area contributed by atoms with Crippen molar-refractivity contribution in [3.63, 3.8) is 0 Å². The Hall–Kier alpha value is -2.77. The van der Waals surface area contributed by atoms with E-state index in [2.05, 4.69) is 56.1 Å². The fourth-order valence-corrected chi connectivity index (χ4v) is 3.57. The van der Waals surface area contributed by atoms with E-state index in [0.29, 0.717) is 6.54 Å². The molecule has 0 spiro atoms. The molecule has 1 aliphatic rings. The first-order chi connectivity index (χ1) is 13.7. The molecule has 0 saturated carbocycles. The van der Waals surface area contributed by atoms with Gasteiger partial charge in [0.25, 0.3) is 0 Å². The number of rotatable bonds is 6. The lowest BCUT2D eigenvalue weighted by atomic mass is 10.1. The van der Waals surface area contributed by atoms with Crippen LogP contribution < -0.4 is 4.90 Å². The smallest absolute Gasteiger partial charge is 0.155 e. The van der Waals surface area contributed by atoms with Gasteiger partial charge in [-0.2, -0.15) is 5.10 Å². The van der Waals surface area contributed by atoms with Gasteiger partial charge in [0, 0.05) is 62.4 Å². The Morgan fingerprint density at radius 2 is 1.75 bits per heavy atom. The molecule has 0 aliphatic carbocycles. The van der Waals surface area contributed by atoms with Crippen LogP contribution >= 0.6 is 0 Å². The summed E-state index contributed by atoms with van der Waals surface area (Å²) in [4.78, 5) is 14.0. The maximum atomic E-state index is 9.02. The van der Waals surface area contributed by atoms with Crippen LogP contribution in [0, 0.1) is 6.92 Å². The Bertz CT molecular complexity index is 899. The highest BCUT2D eigenvalue weighted by Gasteiger charge is 2.21. The maximum absolute atomic E-state index is 9.02. The molecule has 7 nitrogen and oxygen atoms in total. The molecule has 4 rings (SSSR count). The van der Waals surface area contributed by atoms with Gasteiger partial charge >= 0.3 is 0 Å². The van der Waals surface area contributed by atoms with Crippen LogP contribution in [0.15, 0.2) is 49.1 Å². The number of benzene rings is 1. The first-order valence-electron chi connectivity index (χ1n) is 9.70. The Morgan fingerprint density at radius 3 is 2.50 bits per heavy atom. The van der Waals surface area contributed by atoms with Crippen molar-refractivity contribution in [2.24, 2.45) is 0 Å². The van der Waals surface area contributed by atoms with Gasteiger partial charge in [-0.25, -0.2) is 4.98 Å². The number of hydrogen-bond acceptors (Lipinski definition) is 6. The molecule has 3 aromatic rings. The topological polar surface area (TPSA) is 70.3 Å². The standard InChI is InChI=1S/C21H26N6O/c1-17-2-4-19(5-3-17)20-21(23-7-6-22-20)26-10-8-25(9-11-26)15-18-14-24-27(16-18)12-13-28/h2-7,14,16,28H,8-13,15H2,1H3. The number of aliphatic hydroxyl groups is 1. The summed E-state index contributed by atoms with van der Waals surface area (Å²) in [5.41, 5.74) is 4.47. The molecule has 28 heavy (non-hydrogen) atoms. The van der Waals surface area contributed by atoms with Crippen LogP contribution in [-0.4, -0.2) is 62.5 Å². The van der Waals surface area contributed by atoms with Crippen LogP contribution in [-0.2, 0) is 13.1 Å². The summed E-state index contributed by atoms with van der Waals surface area (Å²) in [6.07, 6.45) is 7.44. The van der Waals surface area contributed by atoms with E-state index in [0.717, 1.165) is 49.8 Å². The molecule has 146 valence electrons. The third-order valence-corrected chi connectivity index (χ3v) is 5.10. The summed E-state index contributed by atoms with van der Waals surface area (Å²) >= 11 is 0. The van der Waals surface area contributed by atoms with Gasteiger partial charge in [0.05, 0.1) is 19.3 Å². The average Bonchev–Trinajstić information content (AvgIpc) is 3.16. The number of hydrogen-bond donors (Lipinski definition) is 1. The fraction of sp³-hybridized carbons (Fsp3) is 0.381. The molecule has 1 N–H and O–H groups in total. The molecule has 7 heteroatoms. The Morgan fingerprint density at radius 1 is 1.00 bits per heavy atom. The van der Waals surface area contributed by atoms with E-state index < -0.39 is 0 Å². The van der Waals surface area contributed by atoms with E-state index in [-0.39, 0.29) is 6.61 Å². The molecular formula is C21H26N6O. The van der Waals surface area contributed by atoms with Gasteiger partial charge in [-0.1, -0.05) is 29.8 Å². The first kappa shape index (κ1) is 18.6. The highest BCUT2D eigenvalue weighted by Crippen LogP contribution is 2.27. The van der Waals surface area contributed by atoms with Crippen molar-refractivity contribution in [3.05, 3.63) is 60.2 Å². The zero-order chi connectivity index (χ0) is 19.3. The van der Waals surface area contributed by atoms with Crippen LogP contribution in [0.4, 0.5) is 5.82 Å². The molecule has 0 atom stereocenters. The van der Waals surface area contributed by atoms with E-state index in [1.807, 2.05) is 12.4 Å². The molecular weight excluding hydrogens is 352 g/mol. The van der Waals surface area contributed by atoms with Crippen LogP contribution in [0.1, 0.15) is 11.1 Å². The van der Waals surface area contributed by atoms with Gasteiger partial charge in [-0.05, 0) is 6.92 Å². The molecule has 1 aliphatic heterocycles. The van der Waals surface area contributed by atoms with Crippen LogP contribution in [0.25, 0.3) is 11.3 Å². The second kappa shape index (κ2) is 8.50. The van der Waals surface area contributed by atoms with Crippen LogP contribution in [0.2, 0.25) is 0 Å². The van der Waals surface area contributed by atoms with E-state index in [9.17, 15) is 0 Å². The summed E-state index contributed by atoms with van der Waals surface area (Å²) in [6.45, 7) is 7.40. The minimum Gasteiger partial charge on any atom is -0.394 e. The second-order valence-electron chi connectivity index (χ2n) is 7.19. The molecule has 2 aromatic heterocycles. The fourth-order valence-electron chi connectivity index (χ4n) is 3.57. The normalized spacial score (nSPS) is 15.1. The first-order valence-corrected chi connectivity index (χ1v) is 9.70. The lowest BCUT2D eigenvalue weighted by Crippen LogP contribution is -2.46. The highest BCUT2D eigenvalue weighted by molar-refractivity contribution is 5.72.